The molecular weight excluding hydrogens is 457 g/mol. The molecule has 5 aromatic rings. The van der Waals surface area contributed by atoms with Gasteiger partial charge in [0.15, 0.2) is 0 Å². The van der Waals surface area contributed by atoms with E-state index in [1.54, 1.807) is 41.3 Å². The van der Waals surface area contributed by atoms with E-state index in [0.29, 0.717) is 27.7 Å². The summed E-state index contributed by atoms with van der Waals surface area (Å²) >= 11 is 0. The van der Waals surface area contributed by atoms with E-state index in [2.05, 4.69) is 25.4 Å². The molecule has 1 aliphatic rings. The molecule has 1 fully saturated rings. The monoisotopic (exact) mass is 483 g/mol. The number of hydrogen-bond donors (Lipinski definition) is 3. The van der Waals surface area contributed by atoms with E-state index in [1.807, 2.05) is 19.3 Å². The third-order valence-electron chi connectivity index (χ3n) is 7.03. The first-order chi connectivity index (χ1) is 17.5. The molecule has 2 unspecified atom stereocenters. The van der Waals surface area contributed by atoms with Gasteiger partial charge in [-0.2, -0.15) is 5.10 Å². The molecule has 8 nitrogen and oxygen atoms in total. The minimum Gasteiger partial charge on any atom is -0.348 e. The molecule has 1 aliphatic carbocycles. The van der Waals surface area contributed by atoms with Crippen LogP contribution in [0.4, 0.5) is 4.39 Å². The summed E-state index contributed by atoms with van der Waals surface area (Å²) in [6.45, 7) is 0. The molecule has 36 heavy (non-hydrogen) atoms. The van der Waals surface area contributed by atoms with Crippen molar-refractivity contribution in [2.45, 2.75) is 37.8 Å². The third-order valence-corrected chi connectivity index (χ3v) is 7.03. The number of H-pyrrole nitrogens is 1. The number of nitrogens with two attached hydrogens (primary N) is 1. The van der Waals surface area contributed by atoms with Gasteiger partial charge in [-0.1, -0.05) is 25.0 Å². The van der Waals surface area contributed by atoms with Gasteiger partial charge in [-0.05, 0) is 36.6 Å². The average Bonchev–Trinajstić information content (AvgIpc) is 3.48. The number of hydrogen-bond acceptors (Lipinski definition) is 5. The molecule has 0 saturated heterocycles. The smallest absolute Gasteiger partial charge is 0.251 e. The van der Waals surface area contributed by atoms with Gasteiger partial charge in [0.2, 0.25) is 0 Å². The topological polar surface area (TPSA) is 115 Å². The Morgan fingerprint density at radius 1 is 1.11 bits per heavy atom. The van der Waals surface area contributed by atoms with E-state index in [1.165, 1.54) is 6.20 Å². The van der Waals surface area contributed by atoms with Crippen LogP contribution >= 0.6 is 0 Å². The number of halogens is 1. The van der Waals surface area contributed by atoms with Crippen molar-refractivity contribution in [1.82, 2.24) is 30.0 Å². The average molecular weight is 484 g/mol. The Morgan fingerprint density at radius 3 is 2.67 bits per heavy atom. The molecule has 1 amide bonds. The predicted octanol–water partition coefficient (Wildman–Crippen LogP) is 4.32. The lowest BCUT2D eigenvalue weighted by molar-refractivity contribution is 0.0921. The van der Waals surface area contributed by atoms with Gasteiger partial charge in [-0.15, -0.1) is 0 Å². The zero-order valence-electron chi connectivity index (χ0n) is 19.8. The number of fused-ring (bicyclic) bond motifs is 3. The maximum Gasteiger partial charge on any atom is 0.251 e. The Kier molecular flexibility index (Phi) is 5.49. The van der Waals surface area contributed by atoms with Crippen molar-refractivity contribution in [3.05, 3.63) is 66.5 Å². The molecule has 0 spiro atoms. The van der Waals surface area contributed by atoms with Crippen molar-refractivity contribution in [2.24, 2.45) is 12.8 Å². The second-order valence-corrected chi connectivity index (χ2v) is 9.45. The Labute approximate surface area is 206 Å². The number of carbonyl (C=O) groups is 1. The van der Waals surface area contributed by atoms with Gasteiger partial charge in [0.25, 0.3) is 5.91 Å². The number of aromatic amines is 1. The van der Waals surface area contributed by atoms with Crippen LogP contribution in [0, 0.1) is 5.82 Å². The number of nitrogens with zero attached hydrogens (tertiary/aromatic N) is 4. The fourth-order valence-corrected chi connectivity index (χ4v) is 5.11. The number of aromatic nitrogens is 5. The van der Waals surface area contributed by atoms with Gasteiger partial charge in [0.1, 0.15) is 11.5 Å². The summed E-state index contributed by atoms with van der Waals surface area (Å²) in [6.07, 6.45) is 10.5. The van der Waals surface area contributed by atoms with Crippen molar-refractivity contribution in [1.29, 1.82) is 0 Å². The summed E-state index contributed by atoms with van der Waals surface area (Å²) in [4.78, 5) is 24.9. The van der Waals surface area contributed by atoms with Crippen molar-refractivity contribution in [3.63, 3.8) is 0 Å². The Hall–Kier alpha value is -4.11. The summed E-state index contributed by atoms with van der Waals surface area (Å²) < 4.78 is 17.0. The second-order valence-electron chi connectivity index (χ2n) is 9.45. The van der Waals surface area contributed by atoms with Crippen LogP contribution in [0.15, 0.2) is 55.1 Å². The summed E-state index contributed by atoms with van der Waals surface area (Å²) in [7, 11) is 1.85. The molecule has 1 aromatic carbocycles. The van der Waals surface area contributed by atoms with Gasteiger partial charge >= 0.3 is 0 Å². The van der Waals surface area contributed by atoms with Crippen LogP contribution in [-0.4, -0.2) is 42.7 Å². The van der Waals surface area contributed by atoms with Gasteiger partial charge in [-0.25, -0.2) is 9.37 Å². The molecule has 4 N–H and O–H groups in total. The maximum absolute atomic E-state index is 15.3. The summed E-state index contributed by atoms with van der Waals surface area (Å²) in [5, 5.41) is 8.77. The molecule has 4 aromatic heterocycles. The summed E-state index contributed by atoms with van der Waals surface area (Å²) in [6, 6.07) is 8.88. The lowest BCUT2D eigenvalue weighted by atomic mass is 9.91. The summed E-state index contributed by atoms with van der Waals surface area (Å²) in [5.41, 5.74) is 10.7. The largest absolute Gasteiger partial charge is 0.348 e. The van der Waals surface area contributed by atoms with E-state index in [-0.39, 0.29) is 18.0 Å². The molecule has 6 rings (SSSR count). The molecule has 1 saturated carbocycles. The van der Waals surface area contributed by atoms with E-state index >= 15 is 4.39 Å². The number of amides is 1. The molecule has 0 aliphatic heterocycles. The summed E-state index contributed by atoms with van der Waals surface area (Å²) in [5.74, 6) is -0.600. The normalized spacial score (nSPS) is 18.1. The van der Waals surface area contributed by atoms with Crippen molar-refractivity contribution in [2.75, 3.05) is 0 Å². The van der Waals surface area contributed by atoms with Crippen molar-refractivity contribution in [3.8, 4) is 22.4 Å². The van der Waals surface area contributed by atoms with Gasteiger partial charge in [-0.3, -0.25) is 14.5 Å². The highest BCUT2D eigenvalue weighted by molar-refractivity contribution is 6.13. The van der Waals surface area contributed by atoms with Crippen LogP contribution in [0.3, 0.4) is 0 Å². The molecule has 9 heteroatoms. The molecule has 2 atom stereocenters. The van der Waals surface area contributed by atoms with Crippen molar-refractivity contribution < 1.29 is 9.18 Å². The first-order valence-corrected chi connectivity index (χ1v) is 12.1. The molecular formula is C27H26FN7O. The molecule has 0 radical (unpaired) electrons. The second kappa shape index (κ2) is 8.83. The fourth-order valence-electron chi connectivity index (χ4n) is 5.11. The molecule has 182 valence electrons. The third kappa shape index (κ3) is 3.91. The van der Waals surface area contributed by atoms with Crippen LogP contribution in [0.25, 0.3) is 44.3 Å². The Balaban J connectivity index is 1.38. The highest BCUT2D eigenvalue weighted by Crippen LogP contribution is 2.36. The van der Waals surface area contributed by atoms with Crippen LogP contribution in [0.1, 0.15) is 36.0 Å². The van der Waals surface area contributed by atoms with Crippen LogP contribution in [0.2, 0.25) is 0 Å². The lowest BCUT2D eigenvalue weighted by Crippen LogP contribution is -2.49. The van der Waals surface area contributed by atoms with Gasteiger partial charge in [0, 0.05) is 52.8 Å². The number of aryl methyl sites for hydroxylation is 1. The van der Waals surface area contributed by atoms with Gasteiger partial charge in [0.05, 0.1) is 29.8 Å². The maximum atomic E-state index is 15.3. The Bertz CT molecular complexity index is 1590. The van der Waals surface area contributed by atoms with Crippen LogP contribution in [-0.2, 0) is 7.05 Å². The number of pyridine rings is 2. The first kappa shape index (κ1) is 22.4. The quantitative estimate of drug-likeness (QED) is 0.352. The predicted molar refractivity (Wildman–Crippen MR) is 137 cm³/mol. The molecule has 4 heterocycles. The zero-order chi connectivity index (χ0) is 24.8. The van der Waals surface area contributed by atoms with E-state index in [9.17, 15) is 4.79 Å². The zero-order valence-corrected chi connectivity index (χ0v) is 19.8. The first-order valence-electron chi connectivity index (χ1n) is 12.1. The van der Waals surface area contributed by atoms with Gasteiger partial charge < -0.3 is 16.0 Å². The standard InChI is InChI=1S/C27H26FN7O/c1-35-14-17(11-32-35)22-10-18-23(13-30-22)33-26-25(18)24(19(28)12-31-26)15-6-8-16(9-7-15)27(36)34-21-5-3-2-4-20(21)29/h6-14,20-21H,2-5,29H2,1H3,(H,31,33)(H,34,36). The number of nitrogens with one attached hydrogen (secondary N) is 2. The highest BCUT2D eigenvalue weighted by Gasteiger charge is 2.24. The molecule has 0 bridgehead atoms. The SMILES string of the molecule is Cn1cc(-c2cc3c(cn2)[nH]c2ncc(F)c(-c4ccc(C(=O)NC5CCCCC5N)cc4)c23)cn1. The van der Waals surface area contributed by atoms with E-state index in [0.717, 1.165) is 47.8 Å². The van der Waals surface area contributed by atoms with Crippen LogP contribution < -0.4 is 11.1 Å². The number of rotatable bonds is 4. The highest BCUT2D eigenvalue weighted by atomic mass is 19.1. The minimum atomic E-state index is -0.437. The number of benzene rings is 1. The van der Waals surface area contributed by atoms with Crippen LogP contribution in [0.5, 0.6) is 0 Å². The Morgan fingerprint density at radius 2 is 1.92 bits per heavy atom. The van der Waals surface area contributed by atoms with E-state index < -0.39 is 5.82 Å². The van der Waals surface area contributed by atoms with Crippen molar-refractivity contribution >= 4 is 27.8 Å². The fraction of sp³-hybridized carbons (Fsp3) is 0.259. The minimum absolute atomic E-state index is 0.0166. The van der Waals surface area contributed by atoms with E-state index in [4.69, 9.17) is 5.73 Å². The lowest BCUT2D eigenvalue weighted by Gasteiger charge is -2.29. The number of carbonyl (C=O) groups excluding carboxylic acids is 1.